The van der Waals surface area contributed by atoms with E-state index >= 15 is 0 Å². The largest absolute Gasteiger partial charge is 0.444 e. The zero-order valence-corrected chi connectivity index (χ0v) is 20.5. The predicted octanol–water partition coefficient (Wildman–Crippen LogP) is 6.32. The van der Waals surface area contributed by atoms with Gasteiger partial charge < -0.3 is 15.0 Å². The number of aromatic nitrogens is 2. The minimum atomic E-state index is -4.53. The van der Waals surface area contributed by atoms with Crippen LogP contribution in [0, 0.1) is 0 Å². The molecule has 190 valence electrons. The van der Waals surface area contributed by atoms with Gasteiger partial charge in [-0.05, 0) is 68.9 Å². The number of alkyl halides is 3. The fraction of sp³-hybridized carbons (Fsp3) is 0.370. The van der Waals surface area contributed by atoms with E-state index in [0.717, 1.165) is 22.9 Å². The Morgan fingerprint density at radius 1 is 1.06 bits per heavy atom. The highest BCUT2D eigenvalue weighted by Crippen LogP contribution is 2.32. The zero-order valence-electron chi connectivity index (χ0n) is 20.5. The van der Waals surface area contributed by atoms with Crippen molar-refractivity contribution in [3.63, 3.8) is 0 Å². The van der Waals surface area contributed by atoms with Crippen LogP contribution < -0.4 is 5.32 Å². The van der Waals surface area contributed by atoms with Crippen molar-refractivity contribution in [3.8, 4) is 0 Å². The second kappa shape index (κ2) is 10.2. The maximum absolute atomic E-state index is 13.6. The van der Waals surface area contributed by atoms with Crippen molar-refractivity contribution in [3.05, 3.63) is 82.7 Å². The van der Waals surface area contributed by atoms with Gasteiger partial charge in [-0.3, -0.25) is 0 Å². The highest BCUT2D eigenvalue weighted by molar-refractivity contribution is 5.69. The van der Waals surface area contributed by atoms with Gasteiger partial charge in [-0.15, -0.1) is 0 Å². The summed E-state index contributed by atoms with van der Waals surface area (Å²) in [6.45, 7) is 6.45. The van der Waals surface area contributed by atoms with Gasteiger partial charge in [0.15, 0.2) is 0 Å². The summed E-state index contributed by atoms with van der Waals surface area (Å²) < 4.78 is 46.2. The SMILES string of the molecule is CC(C)(C)OC(=O)N1CCc2cc(Nc3ncc(C(F)(F)F)c(CCc4ccccc4)n3)ccc2C1. The molecule has 36 heavy (non-hydrogen) atoms. The van der Waals surface area contributed by atoms with Gasteiger partial charge in [-0.1, -0.05) is 36.4 Å². The summed E-state index contributed by atoms with van der Waals surface area (Å²) in [6, 6.07) is 15.0. The first-order valence-electron chi connectivity index (χ1n) is 11.8. The predicted molar refractivity (Wildman–Crippen MR) is 131 cm³/mol. The Bertz CT molecular complexity index is 1220. The number of carbonyl (C=O) groups is 1. The third-order valence-electron chi connectivity index (χ3n) is 5.79. The van der Waals surface area contributed by atoms with Crippen LogP contribution in [-0.4, -0.2) is 33.1 Å². The molecule has 1 aliphatic heterocycles. The summed E-state index contributed by atoms with van der Waals surface area (Å²) in [6.07, 6.45) is -2.83. The molecule has 4 rings (SSSR count). The summed E-state index contributed by atoms with van der Waals surface area (Å²) in [7, 11) is 0. The Hall–Kier alpha value is -3.62. The van der Waals surface area contributed by atoms with E-state index in [9.17, 15) is 18.0 Å². The summed E-state index contributed by atoms with van der Waals surface area (Å²) >= 11 is 0. The number of hydrogen-bond acceptors (Lipinski definition) is 5. The third-order valence-corrected chi connectivity index (χ3v) is 5.79. The molecular weight excluding hydrogens is 469 g/mol. The molecule has 3 aromatic rings. The van der Waals surface area contributed by atoms with Gasteiger partial charge in [0, 0.05) is 25.0 Å². The molecule has 1 amide bonds. The molecule has 0 saturated carbocycles. The number of rotatable bonds is 5. The minimum Gasteiger partial charge on any atom is -0.444 e. The van der Waals surface area contributed by atoms with Crippen molar-refractivity contribution in [1.82, 2.24) is 14.9 Å². The van der Waals surface area contributed by atoms with Crippen LogP contribution in [0.2, 0.25) is 0 Å². The first-order chi connectivity index (χ1) is 17.0. The number of carbonyl (C=O) groups excluding carboxylic acids is 1. The molecule has 9 heteroatoms. The molecular formula is C27H29F3N4O2. The van der Waals surface area contributed by atoms with Crippen LogP contribution in [-0.2, 0) is 36.7 Å². The highest BCUT2D eigenvalue weighted by Gasteiger charge is 2.35. The Balaban J connectivity index is 1.49. The summed E-state index contributed by atoms with van der Waals surface area (Å²) in [5.41, 5.74) is 2.23. The molecule has 2 aromatic carbocycles. The van der Waals surface area contributed by atoms with Crippen LogP contribution in [0.1, 0.15) is 48.7 Å². The van der Waals surface area contributed by atoms with Crippen molar-refractivity contribution < 1.29 is 22.7 Å². The fourth-order valence-electron chi connectivity index (χ4n) is 4.05. The lowest BCUT2D eigenvalue weighted by molar-refractivity contribution is -0.138. The molecule has 1 N–H and O–H groups in total. The summed E-state index contributed by atoms with van der Waals surface area (Å²) in [4.78, 5) is 22.2. The van der Waals surface area contributed by atoms with Gasteiger partial charge in [0.2, 0.25) is 5.95 Å². The van der Waals surface area contributed by atoms with Crippen LogP contribution in [0.3, 0.4) is 0 Å². The fourth-order valence-corrected chi connectivity index (χ4v) is 4.05. The van der Waals surface area contributed by atoms with Gasteiger partial charge in [-0.2, -0.15) is 13.2 Å². The van der Waals surface area contributed by atoms with Crippen molar-refractivity contribution in [2.75, 3.05) is 11.9 Å². The number of aryl methyl sites for hydroxylation is 2. The average Bonchev–Trinajstić information content (AvgIpc) is 2.81. The molecule has 0 radical (unpaired) electrons. The van der Waals surface area contributed by atoms with Gasteiger partial charge in [-0.25, -0.2) is 14.8 Å². The van der Waals surface area contributed by atoms with Crippen molar-refractivity contribution in [1.29, 1.82) is 0 Å². The van der Waals surface area contributed by atoms with Crippen molar-refractivity contribution in [2.45, 2.75) is 58.4 Å². The molecule has 0 atom stereocenters. The molecule has 0 unspecified atom stereocenters. The number of fused-ring (bicyclic) bond motifs is 1. The summed E-state index contributed by atoms with van der Waals surface area (Å²) in [5, 5.41) is 3.04. The number of ether oxygens (including phenoxy) is 1. The van der Waals surface area contributed by atoms with Crippen LogP contribution in [0.15, 0.2) is 54.7 Å². The van der Waals surface area contributed by atoms with E-state index in [1.807, 2.05) is 69.3 Å². The van der Waals surface area contributed by atoms with Gasteiger partial charge in [0.1, 0.15) is 5.60 Å². The Kier molecular flexibility index (Phi) is 7.19. The lowest BCUT2D eigenvalue weighted by atomic mass is 9.99. The third kappa shape index (κ3) is 6.53. The number of nitrogens with zero attached hydrogens (tertiary/aromatic N) is 3. The first-order valence-corrected chi connectivity index (χ1v) is 11.8. The van der Waals surface area contributed by atoms with E-state index in [-0.39, 0.29) is 24.2 Å². The molecule has 6 nitrogen and oxygen atoms in total. The van der Waals surface area contributed by atoms with Crippen molar-refractivity contribution >= 4 is 17.7 Å². The molecule has 0 spiro atoms. The maximum Gasteiger partial charge on any atom is 0.419 e. The molecule has 2 heterocycles. The van der Waals surface area contributed by atoms with E-state index in [4.69, 9.17) is 4.74 Å². The highest BCUT2D eigenvalue weighted by atomic mass is 19.4. The number of anilines is 2. The van der Waals surface area contributed by atoms with Crippen LogP contribution in [0.4, 0.5) is 29.6 Å². The second-order valence-electron chi connectivity index (χ2n) is 9.80. The van der Waals surface area contributed by atoms with Crippen LogP contribution in [0.5, 0.6) is 0 Å². The van der Waals surface area contributed by atoms with E-state index in [1.54, 1.807) is 4.90 Å². The molecule has 0 saturated heterocycles. The lowest BCUT2D eigenvalue weighted by Crippen LogP contribution is -2.39. The Morgan fingerprint density at radius 3 is 2.50 bits per heavy atom. The zero-order chi connectivity index (χ0) is 25.9. The molecule has 0 aliphatic carbocycles. The topological polar surface area (TPSA) is 67.3 Å². The van der Waals surface area contributed by atoms with Crippen LogP contribution in [0.25, 0.3) is 0 Å². The number of benzene rings is 2. The van der Waals surface area contributed by atoms with Gasteiger partial charge >= 0.3 is 12.3 Å². The standard InChI is InChI=1S/C27H29F3N4O2/c1-26(2,3)36-25(35)34-14-13-19-15-21(11-10-20(19)17-34)32-24-31-16-22(27(28,29)30)23(33-24)12-9-18-7-5-4-6-8-18/h4-8,10-11,15-16H,9,12-14,17H2,1-3H3,(H,31,32,33). The number of halogens is 3. The van der Waals surface area contributed by atoms with Crippen LogP contribution >= 0.6 is 0 Å². The second-order valence-corrected chi connectivity index (χ2v) is 9.80. The van der Waals surface area contributed by atoms with Gasteiger partial charge in [0.25, 0.3) is 0 Å². The Morgan fingerprint density at radius 2 is 1.81 bits per heavy atom. The van der Waals surface area contributed by atoms with E-state index in [1.165, 1.54) is 0 Å². The minimum absolute atomic E-state index is 0.0465. The lowest BCUT2D eigenvalue weighted by Gasteiger charge is -2.31. The van der Waals surface area contributed by atoms with E-state index in [0.29, 0.717) is 31.6 Å². The maximum atomic E-state index is 13.6. The summed E-state index contributed by atoms with van der Waals surface area (Å²) in [5.74, 6) is 0.109. The molecule has 0 bridgehead atoms. The molecule has 1 aromatic heterocycles. The van der Waals surface area contributed by atoms with E-state index in [2.05, 4.69) is 15.3 Å². The first kappa shape index (κ1) is 25.5. The monoisotopic (exact) mass is 498 g/mol. The number of nitrogens with one attached hydrogen (secondary N) is 1. The Labute approximate surface area is 208 Å². The number of hydrogen-bond donors (Lipinski definition) is 1. The number of amides is 1. The average molecular weight is 499 g/mol. The van der Waals surface area contributed by atoms with Gasteiger partial charge in [0.05, 0.1) is 11.3 Å². The normalized spacial score (nSPS) is 13.8. The van der Waals surface area contributed by atoms with E-state index < -0.39 is 17.3 Å². The van der Waals surface area contributed by atoms with Crippen molar-refractivity contribution in [2.24, 2.45) is 0 Å². The molecule has 0 fully saturated rings. The quantitative estimate of drug-likeness (QED) is 0.446. The molecule has 1 aliphatic rings. The smallest absolute Gasteiger partial charge is 0.419 e.